The van der Waals surface area contributed by atoms with E-state index in [1.807, 2.05) is 0 Å². The predicted octanol–water partition coefficient (Wildman–Crippen LogP) is 4.20. The molecule has 3 rings (SSSR count). The van der Waals surface area contributed by atoms with Gasteiger partial charge < -0.3 is 4.74 Å². The van der Waals surface area contributed by atoms with Gasteiger partial charge in [-0.1, -0.05) is 12.1 Å². The van der Waals surface area contributed by atoms with Crippen molar-refractivity contribution >= 4 is 11.6 Å². The molecular weight excluding hydrogens is 321 g/mol. The summed E-state index contributed by atoms with van der Waals surface area (Å²) in [6.45, 7) is 1.94. The van der Waals surface area contributed by atoms with E-state index in [9.17, 15) is 18.0 Å². The number of carbonyl (C=O) groups excluding carboxylic acids is 1. The van der Waals surface area contributed by atoms with Crippen molar-refractivity contribution < 1.29 is 22.7 Å². The molecule has 7 heteroatoms. The summed E-state index contributed by atoms with van der Waals surface area (Å²) in [5.74, 6) is -0.505. The minimum absolute atomic E-state index is 0.241. The van der Waals surface area contributed by atoms with E-state index >= 15 is 0 Å². The summed E-state index contributed by atoms with van der Waals surface area (Å²) in [7, 11) is 0. The monoisotopic (exact) mass is 334 g/mol. The first kappa shape index (κ1) is 16.0. The van der Waals surface area contributed by atoms with Gasteiger partial charge in [0, 0.05) is 6.20 Å². The van der Waals surface area contributed by atoms with E-state index in [0.29, 0.717) is 16.8 Å². The Morgan fingerprint density at radius 1 is 1.12 bits per heavy atom. The molecule has 0 spiro atoms. The van der Waals surface area contributed by atoms with Gasteiger partial charge in [0.2, 0.25) is 0 Å². The van der Waals surface area contributed by atoms with Gasteiger partial charge in [0.05, 0.1) is 18.4 Å². The number of carbonyl (C=O) groups is 1. The quantitative estimate of drug-likeness (QED) is 0.674. The molecule has 0 unspecified atom stereocenters. The Hall–Kier alpha value is -2.83. The van der Waals surface area contributed by atoms with Crippen molar-refractivity contribution in [1.82, 2.24) is 9.38 Å². The van der Waals surface area contributed by atoms with Gasteiger partial charge in [0.15, 0.2) is 5.69 Å². The van der Waals surface area contributed by atoms with Crippen molar-refractivity contribution in [2.75, 3.05) is 6.61 Å². The molecule has 3 aromatic rings. The fourth-order valence-electron chi connectivity index (χ4n) is 2.36. The summed E-state index contributed by atoms with van der Waals surface area (Å²) in [5, 5.41) is 0. The van der Waals surface area contributed by atoms with Gasteiger partial charge in [-0.15, -0.1) is 0 Å². The van der Waals surface area contributed by atoms with Gasteiger partial charge in [-0.25, -0.2) is 9.78 Å². The number of alkyl halides is 3. The summed E-state index contributed by atoms with van der Waals surface area (Å²) >= 11 is 0. The standard InChI is InChI=1S/C17H13F3N2O2/c1-2-24-16(23)14-9-21-15-8-5-12(10-22(14)15)11-3-6-13(7-4-11)17(18,19)20/h3-10H,2H2,1H3. The molecule has 0 fully saturated rings. The molecule has 124 valence electrons. The highest BCUT2D eigenvalue weighted by molar-refractivity contribution is 5.88. The number of benzene rings is 1. The maximum atomic E-state index is 12.6. The largest absolute Gasteiger partial charge is 0.461 e. The molecule has 0 saturated heterocycles. The number of pyridine rings is 1. The molecule has 0 bridgehead atoms. The molecule has 2 heterocycles. The average Bonchev–Trinajstić information content (AvgIpc) is 2.97. The molecular formula is C17H13F3N2O2. The lowest BCUT2D eigenvalue weighted by Crippen LogP contribution is -2.07. The highest BCUT2D eigenvalue weighted by atomic mass is 19.4. The zero-order valence-corrected chi connectivity index (χ0v) is 12.7. The number of nitrogens with zero attached hydrogens (tertiary/aromatic N) is 2. The van der Waals surface area contributed by atoms with Crippen molar-refractivity contribution in [1.29, 1.82) is 0 Å². The Balaban J connectivity index is 2.01. The Morgan fingerprint density at radius 2 is 1.79 bits per heavy atom. The van der Waals surface area contributed by atoms with Crippen LogP contribution in [0.5, 0.6) is 0 Å². The molecule has 24 heavy (non-hydrogen) atoms. The Labute approximate surface area is 135 Å². The summed E-state index contributed by atoms with van der Waals surface area (Å²) < 4.78 is 44.4. The summed E-state index contributed by atoms with van der Waals surface area (Å²) in [6, 6.07) is 8.27. The first-order valence-electron chi connectivity index (χ1n) is 7.22. The maximum Gasteiger partial charge on any atom is 0.416 e. The number of hydrogen-bond acceptors (Lipinski definition) is 3. The van der Waals surface area contributed by atoms with Crippen molar-refractivity contribution in [2.45, 2.75) is 13.1 Å². The molecule has 0 aliphatic rings. The van der Waals surface area contributed by atoms with E-state index < -0.39 is 17.7 Å². The number of hydrogen-bond donors (Lipinski definition) is 0. The number of aromatic nitrogens is 2. The average molecular weight is 334 g/mol. The van der Waals surface area contributed by atoms with Crippen LogP contribution in [0.25, 0.3) is 16.8 Å². The van der Waals surface area contributed by atoms with E-state index in [-0.39, 0.29) is 12.3 Å². The number of fused-ring (bicyclic) bond motifs is 1. The first-order chi connectivity index (χ1) is 11.4. The van der Waals surface area contributed by atoms with Crippen molar-refractivity contribution in [3.8, 4) is 11.1 Å². The molecule has 0 amide bonds. The van der Waals surface area contributed by atoms with Crippen LogP contribution in [-0.4, -0.2) is 22.0 Å². The molecule has 0 atom stereocenters. The normalized spacial score (nSPS) is 11.7. The lowest BCUT2D eigenvalue weighted by atomic mass is 10.1. The van der Waals surface area contributed by atoms with Crippen molar-refractivity contribution in [2.24, 2.45) is 0 Å². The van der Waals surface area contributed by atoms with Crippen LogP contribution < -0.4 is 0 Å². The first-order valence-corrected chi connectivity index (χ1v) is 7.22. The summed E-state index contributed by atoms with van der Waals surface area (Å²) in [4.78, 5) is 16.0. The van der Waals surface area contributed by atoms with Crippen LogP contribution in [-0.2, 0) is 10.9 Å². The second-order valence-corrected chi connectivity index (χ2v) is 5.08. The third-order valence-corrected chi connectivity index (χ3v) is 3.54. The van der Waals surface area contributed by atoms with E-state index in [0.717, 1.165) is 12.1 Å². The fourth-order valence-corrected chi connectivity index (χ4v) is 2.36. The summed E-state index contributed by atoms with van der Waals surface area (Å²) in [5.41, 5.74) is 1.38. The number of esters is 1. The highest BCUT2D eigenvalue weighted by Crippen LogP contribution is 2.31. The smallest absolute Gasteiger partial charge is 0.416 e. The van der Waals surface area contributed by atoms with Crippen molar-refractivity contribution in [3.63, 3.8) is 0 Å². The summed E-state index contributed by atoms with van der Waals surface area (Å²) in [6.07, 6.45) is -1.31. The zero-order chi connectivity index (χ0) is 17.3. The molecule has 0 N–H and O–H groups in total. The van der Waals surface area contributed by atoms with E-state index in [2.05, 4.69) is 4.98 Å². The Bertz CT molecular complexity index is 883. The highest BCUT2D eigenvalue weighted by Gasteiger charge is 2.30. The van der Waals surface area contributed by atoms with Gasteiger partial charge in [-0.2, -0.15) is 13.2 Å². The van der Waals surface area contributed by atoms with E-state index in [1.165, 1.54) is 18.3 Å². The van der Waals surface area contributed by atoms with E-state index in [1.54, 1.807) is 29.7 Å². The van der Waals surface area contributed by atoms with Gasteiger partial charge in [-0.05, 0) is 42.3 Å². The molecule has 0 saturated carbocycles. The second kappa shape index (κ2) is 5.99. The third kappa shape index (κ3) is 2.97. The third-order valence-electron chi connectivity index (χ3n) is 3.54. The lowest BCUT2D eigenvalue weighted by Gasteiger charge is -2.08. The van der Waals surface area contributed by atoms with Gasteiger partial charge in [0.1, 0.15) is 5.65 Å². The molecule has 1 aromatic carbocycles. The fraction of sp³-hybridized carbons (Fsp3) is 0.176. The van der Waals surface area contributed by atoms with Crippen LogP contribution in [0.15, 0.2) is 48.8 Å². The molecule has 0 aliphatic carbocycles. The molecule has 4 nitrogen and oxygen atoms in total. The Morgan fingerprint density at radius 3 is 2.42 bits per heavy atom. The lowest BCUT2D eigenvalue weighted by molar-refractivity contribution is -0.137. The minimum Gasteiger partial charge on any atom is -0.461 e. The topological polar surface area (TPSA) is 43.6 Å². The molecule has 0 radical (unpaired) electrons. The number of halogens is 3. The van der Waals surface area contributed by atoms with Gasteiger partial charge >= 0.3 is 12.1 Å². The zero-order valence-electron chi connectivity index (χ0n) is 12.7. The van der Waals surface area contributed by atoms with E-state index in [4.69, 9.17) is 4.74 Å². The van der Waals surface area contributed by atoms with Crippen LogP contribution >= 0.6 is 0 Å². The van der Waals surface area contributed by atoms with Gasteiger partial charge in [0.25, 0.3) is 0 Å². The molecule has 0 aliphatic heterocycles. The van der Waals surface area contributed by atoms with Crippen LogP contribution in [0.4, 0.5) is 13.2 Å². The SMILES string of the molecule is CCOC(=O)c1cnc2ccc(-c3ccc(C(F)(F)F)cc3)cn12. The van der Waals surface area contributed by atoms with Crippen LogP contribution in [0.1, 0.15) is 23.0 Å². The maximum absolute atomic E-state index is 12.6. The van der Waals surface area contributed by atoms with Crippen LogP contribution in [0.3, 0.4) is 0 Å². The second-order valence-electron chi connectivity index (χ2n) is 5.08. The van der Waals surface area contributed by atoms with Crippen LogP contribution in [0, 0.1) is 0 Å². The predicted molar refractivity (Wildman–Crippen MR) is 81.6 cm³/mol. The minimum atomic E-state index is -4.37. The number of rotatable bonds is 3. The van der Waals surface area contributed by atoms with Crippen LogP contribution in [0.2, 0.25) is 0 Å². The van der Waals surface area contributed by atoms with Gasteiger partial charge in [-0.3, -0.25) is 4.40 Å². The molecule has 2 aromatic heterocycles. The van der Waals surface area contributed by atoms with Crippen molar-refractivity contribution in [3.05, 3.63) is 60.0 Å². The Kier molecular flexibility index (Phi) is 4.01. The number of ether oxygens (including phenoxy) is 1. The number of imidazole rings is 1.